The Labute approximate surface area is 118 Å². The summed E-state index contributed by atoms with van der Waals surface area (Å²) < 4.78 is 0. The van der Waals surface area contributed by atoms with Crippen molar-refractivity contribution in [3.8, 4) is 0 Å². The van der Waals surface area contributed by atoms with Crippen molar-refractivity contribution < 1.29 is 0 Å². The lowest BCUT2D eigenvalue weighted by atomic mass is 9.84. The van der Waals surface area contributed by atoms with Gasteiger partial charge in [-0.1, -0.05) is 60.1 Å². The van der Waals surface area contributed by atoms with Gasteiger partial charge in [0, 0.05) is 10.4 Å². The van der Waals surface area contributed by atoms with Gasteiger partial charge in [0.05, 0.1) is 6.04 Å². The van der Waals surface area contributed by atoms with Crippen molar-refractivity contribution in [1.29, 1.82) is 0 Å². The van der Waals surface area contributed by atoms with E-state index in [1.807, 2.05) is 24.3 Å². The van der Waals surface area contributed by atoms with Crippen LogP contribution in [-0.4, -0.2) is 0 Å². The second-order valence-electron chi connectivity index (χ2n) is 5.14. The molecule has 19 heavy (non-hydrogen) atoms. The van der Waals surface area contributed by atoms with Gasteiger partial charge in [0.1, 0.15) is 0 Å². The molecule has 3 N–H and O–H groups in total. The van der Waals surface area contributed by atoms with Crippen molar-refractivity contribution in [2.24, 2.45) is 5.84 Å². The maximum atomic E-state index is 6.32. The summed E-state index contributed by atoms with van der Waals surface area (Å²) in [6.45, 7) is 0. The summed E-state index contributed by atoms with van der Waals surface area (Å²) in [5.41, 5.74) is 5.47. The van der Waals surface area contributed by atoms with Crippen LogP contribution in [0.15, 0.2) is 54.6 Å². The zero-order chi connectivity index (χ0) is 13.3. The summed E-state index contributed by atoms with van der Waals surface area (Å²) >= 11 is 6.32. The molecular weight excluding hydrogens is 256 g/mol. The molecule has 3 heteroatoms. The van der Waals surface area contributed by atoms with Gasteiger partial charge >= 0.3 is 0 Å². The van der Waals surface area contributed by atoms with Crippen LogP contribution >= 0.6 is 11.6 Å². The number of hydrazine groups is 1. The first-order valence-corrected chi connectivity index (χ1v) is 6.92. The molecule has 0 spiro atoms. The van der Waals surface area contributed by atoms with E-state index in [2.05, 4.69) is 35.8 Å². The molecule has 98 valence electrons. The van der Waals surface area contributed by atoms with Crippen LogP contribution in [0.3, 0.4) is 0 Å². The third-order valence-corrected chi connectivity index (χ3v) is 4.42. The van der Waals surface area contributed by atoms with Gasteiger partial charge < -0.3 is 0 Å². The highest BCUT2D eigenvalue weighted by atomic mass is 35.5. The Morgan fingerprint density at radius 2 is 1.63 bits per heavy atom. The standard InChI is InChI=1S/C16H17ClN2/c17-14-9-5-4-8-13(14)15(19-18)16(10-11-16)12-6-2-1-3-7-12/h1-9,15,19H,10-11,18H2. The lowest BCUT2D eigenvalue weighted by molar-refractivity contribution is 0.439. The highest BCUT2D eigenvalue weighted by molar-refractivity contribution is 6.31. The number of nitrogens with two attached hydrogens (primary N) is 1. The summed E-state index contributed by atoms with van der Waals surface area (Å²) in [6, 6.07) is 18.5. The van der Waals surface area contributed by atoms with Crippen molar-refractivity contribution in [2.45, 2.75) is 24.3 Å². The Morgan fingerprint density at radius 1 is 1.00 bits per heavy atom. The predicted molar refractivity (Wildman–Crippen MR) is 78.9 cm³/mol. The van der Waals surface area contributed by atoms with Crippen molar-refractivity contribution in [3.05, 3.63) is 70.7 Å². The molecule has 0 aliphatic heterocycles. The largest absolute Gasteiger partial charge is 0.271 e. The molecule has 0 bridgehead atoms. The Morgan fingerprint density at radius 3 is 2.21 bits per heavy atom. The fourth-order valence-electron chi connectivity index (χ4n) is 2.90. The first kappa shape index (κ1) is 12.7. The molecule has 3 rings (SSSR count). The maximum Gasteiger partial charge on any atom is 0.0571 e. The summed E-state index contributed by atoms with van der Waals surface area (Å²) in [7, 11) is 0. The normalized spacial score (nSPS) is 18.0. The molecule has 0 radical (unpaired) electrons. The predicted octanol–water partition coefficient (Wildman–Crippen LogP) is 3.58. The van der Waals surface area contributed by atoms with Crippen molar-refractivity contribution in [3.63, 3.8) is 0 Å². The van der Waals surface area contributed by atoms with Crippen LogP contribution in [0.2, 0.25) is 5.02 Å². The van der Waals surface area contributed by atoms with E-state index >= 15 is 0 Å². The lowest BCUT2D eigenvalue weighted by Gasteiger charge is -2.28. The minimum atomic E-state index is 0.0589. The van der Waals surface area contributed by atoms with Gasteiger partial charge in [0.15, 0.2) is 0 Å². The number of nitrogens with one attached hydrogen (secondary N) is 1. The topological polar surface area (TPSA) is 38.0 Å². The number of hydrogen-bond donors (Lipinski definition) is 2. The molecule has 1 unspecified atom stereocenters. The first-order chi connectivity index (χ1) is 9.28. The van der Waals surface area contributed by atoms with Crippen LogP contribution in [0, 0.1) is 0 Å². The van der Waals surface area contributed by atoms with Crippen LogP contribution in [0.5, 0.6) is 0 Å². The van der Waals surface area contributed by atoms with Gasteiger partial charge in [-0.05, 0) is 30.0 Å². The fourth-order valence-corrected chi connectivity index (χ4v) is 3.15. The summed E-state index contributed by atoms with van der Waals surface area (Å²) in [4.78, 5) is 0. The third kappa shape index (κ3) is 2.16. The lowest BCUT2D eigenvalue weighted by Crippen LogP contribution is -2.37. The molecule has 0 saturated heterocycles. The van der Waals surface area contributed by atoms with E-state index in [0.717, 1.165) is 23.4 Å². The second-order valence-corrected chi connectivity index (χ2v) is 5.55. The van der Waals surface area contributed by atoms with Gasteiger partial charge in [-0.15, -0.1) is 0 Å². The summed E-state index contributed by atoms with van der Waals surface area (Å²) in [5, 5.41) is 0.771. The first-order valence-electron chi connectivity index (χ1n) is 6.54. The Balaban J connectivity index is 2.02. The minimum absolute atomic E-state index is 0.0589. The Bertz CT molecular complexity index is 564. The van der Waals surface area contributed by atoms with E-state index in [9.17, 15) is 0 Å². The van der Waals surface area contributed by atoms with Crippen LogP contribution in [0.4, 0.5) is 0 Å². The van der Waals surface area contributed by atoms with Crippen LogP contribution in [0.1, 0.15) is 30.0 Å². The molecule has 1 aliphatic carbocycles. The van der Waals surface area contributed by atoms with Gasteiger partial charge in [-0.25, -0.2) is 0 Å². The molecule has 0 aromatic heterocycles. The van der Waals surface area contributed by atoms with Crippen molar-refractivity contribution in [1.82, 2.24) is 5.43 Å². The van der Waals surface area contributed by atoms with Gasteiger partial charge in [0.2, 0.25) is 0 Å². The van der Waals surface area contributed by atoms with Gasteiger partial charge in [0.25, 0.3) is 0 Å². The summed E-state index contributed by atoms with van der Waals surface area (Å²) in [5.74, 6) is 5.83. The number of halogens is 1. The summed E-state index contributed by atoms with van der Waals surface area (Å²) in [6.07, 6.45) is 2.27. The molecule has 0 heterocycles. The van der Waals surface area contributed by atoms with Crippen molar-refractivity contribution >= 4 is 11.6 Å². The zero-order valence-electron chi connectivity index (χ0n) is 10.6. The zero-order valence-corrected chi connectivity index (χ0v) is 11.4. The molecule has 2 nitrogen and oxygen atoms in total. The molecule has 0 amide bonds. The number of hydrogen-bond acceptors (Lipinski definition) is 2. The van der Waals surface area contributed by atoms with E-state index in [1.54, 1.807) is 0 Å². The Kier molecular flexibility index (Phi) is 3.31. The highest BCUT2D eigenvalue weighted by Gasteiger charge is 2.51. The Hall–Kier alpha value is -1.35. The number of rotatable bonds is 4. The quantitative estimate of drug-likeness (QED) is 0.660. The second kappa shape index (κ2) is 4.97. The van der Waals surface area contributed by atoms with Crippen LogP contribution < -0.4 is 11.3 Å². The van der Waals surface area contributed by atoms with E-state index in [4.69, 9.17) is 17.4 Å². The van der Waals surface area contributed by atoms with E-state index in [0.29, 0.717) is 0 Å². The third-order valence-electron chi connectivity index (χ3n) is 4.07. The van der Waals surface area contributed by atoms with E-state index in [-0.39, 0.29) is 11.5 Å². The van der Waals surface area contributed by atoms with E-state index in [1.165, 1.54) is 5.56 Å². The molecular formula is C16H17ClN2. The van der Waals surface area contributed by atoms with Gasteiger partial charge in [-0.2, -0.15) is 0 Å². The molecule has 2 aromatic rings. The highest BCUT2D eigenvalue weighted by Crippen LogP contribution is 2.56. The maximum absolute atomic E-state index is 6.32. The van der Waals surface area contributed by atoms with E-state index < -0.39 is 0 Å². The van der Waals surface area contributed by atoms with Crippen LogP contribution in [0.25, 0.3) is 0 Å². The fraction of sp³-hybridized carbons (Fsp3) is 0.250. The van der Waals surface area contributed by atoms with Crippen molar-refractivity contribution in [2.75, 3.05) is 0 Å². The molecule has 1 saturated carbocycles. The average Bonchev–Trinajstić information content (AvgIpc) is 3.24. The molecule has 2 aromatic carbocycles. The SMILES string of the molecule is NNC(c1ccccc1Cl)C1(c2ccccc2)CC1. The molecule has 1 aliphatic rings. The minimum Gasteiger partial charge on any atom is -0.271 e. The van der Waals surface area contributed by atoms with Crippen LogP contribution in [-0.2, 0) is 5.41 Å². The van der Waals surface area contributed by atoms with Gasteiger partial charge in [-0.3, -0.25) is 11.3 Å². The average molecular weight is 273 g/mol. The molecule has 1 fully saturated rings. The number of benzene rings is 2. The molecule has 1 atom stereocenters. The smallest absolute Gasteiger partial charge is 0.0571 e. The monoisotopic (exact) mass is 272 g/mol.